The first-order chi connectivity index (χ1) is 14.1. The van der Waals surface area contributed by atoms with Crippen LogP contribution in [0.25, 0.3) is 0 Å². The normalized spacial score (nSPS) is 15.8. The van der Waals surface area contributed by atoms with E-state index >= 15 is 0 Å². The molecule has 0 radical (unpaired) electrons. The summed E-state index contributed by atoms with van der Waals surface area (Å²) in [6, 6.07) is 4.54. The van der Waals surface area contributed by atoms with Crippen LogP contribution in [0, 0.1) is 0 Å². The molecule has 1 unspecified atom stereocenters. The number of aromatic nitrogens is 2. The van der Waals surface area contributed by atoms with Crippen molar-refractivity contribution in [1.82, 2.24) is 15.5 Å². The molecule has 0 fully saturated rings. The molecule has 11 heteroatoms. The molecule has 0 aliphatic carbocycles. The van der Waals surface area contributed by atoms with Gasteiger partial charge in [-0.1, -0.05) is 29.8 Å². The van der Waals surface area contributed by atoms with Crippen molar-refractivity contribution in [2.45, 2.75) is 25.6 Å². The van der Waals surface area contributed by atoms with Crippen LogP contribution in [0.2, 0.25) is 5.02 Å². The number of rotatable bonds is 5. The summed E-state index contributed by atoms with van der Waals surface area (Å²) in [5, 5.41) is 8.86. The first kappa shape index (κ1) is 21.7. The van der Waals surface area contributed by atoms with Gasteiger partial charge in [0.05, 0.1) is 29.6 Å². The Bertz CT molecular complexity index is 1050. The molecule has 3 rings (SSSR count). The Morgan fingerprint density at radius 1 is 1.37 bits per heavy atom. The molecule has 0 saturated carbocycles. The van der Waals surface area contributed by atoms with Crippen LogP contribution in [-0.2, 0) is 11.0 Å². The molecule has 4 N–H and O–H groups in total. The number of primary amides is 1. The number of amides is 1. The van der Waals surface area contributed by atoms with Crippen molar-refractivity contribution >= 4 is 23.2 Å². The van der Waals surface area contributed by atoms with Gasteiger partial charge in [0, 0.05) is 24.7 Å². The summed E-state index contributed by atoms with van der Waals surface area (Å²) >= 11 is 6.03. The summed E-state index contributed by atoms with van der Waals surface area (Å²) in [6.07, 6.45) is -2.84. The smallest absolute Gasteiger partial charge is 0.381 e. The molecular weight excluding hydrogens is 423 g/mol. The van der Waals surface area contributed by atoms with E-state index in [1.54, 1.807) is 11.8 Å². The largest absolute Gasteiger partial charge is 0.416 e. The van der Waals surface area contributed by atoms with E-state index in [1.165, 1.54) is 24.4 Å². The predicted molar refractivity (Wildman–Crippen MR) is 106 cm³/mol. The lowest BCUT2D eigenvalue weighted by Gasteiger charge is -2.33. The Hall–Kier alpha value is -3.01. The molecule has 160 valence electrons. The second kappa shape index (κ2) is 8.39. The van der Waals surface area contributed by atoms with E-state index in [-0.39, 0.29) is 22.7 Å². The van der Waals surface area contributed by atoms with E-state index in [0.717, 1.165) is 6.07 Å². The van der Waals surface area contributed by atoms with Gasteiger partial charge < -0.3 is 16.0 Å². The van der Waals surface area contributed by atoms with Gasteiger partial charge in [0.25, 0.3) is 5.56 Å². The number of halogens is 4. The maximum Gasteiger partial charge on any atom is 0.416 e. The molecule has 1 amide bonds. The van der Waals surface area contributed by atoms with Gasteiger partial charge >= 0.3 is 6.18 Å². The van der Waals surface area contributed by atoms with Crippen LogP contribution in [0.4, 0.5) is 18.9 Å². The number of aromatic amines is 1. The van der Waals surface area contributed by atoms with Crippen LogP contribution >= 0.6 is 11.6 Å². The lowest BCUT2D eigenvalue weighted by molar-refractivity contribution is -0.138. The number of nitrogens with one attached hydrogen (secondary N) is 2. The summed E-state index contributed by atoms with van der Waals surface area (Å²) in [4.78, 5) is 25.4. The molecule has 30 heavy (non-hydrogen) atoms. The SMILES string of the molecule is CC(NC1=C(C(N)=O)CN(c2cn[nH]c(=O)c2Cl)CC1)c1ccccc1C(F)(F)F. The Morgan fingerprint density at radius 2 is 2.07 bits per heavy atom. The molecule has 0 bridgehead atoms. The van der Waals surface area contributed by atoms with Crippen LogP contribution in [0.1, 0.15) is 30.5 Å². The van der Waals surface area contributed by atoms with E-state index in [2.05, 4.69) is 15.5 Å². The number of carbonyl (C=O) groups is 1. The highest BCUT2D eigenvalue weighted by molar-refractivity contribution is 6.33. The van der Waals surface area contributed by atoms with Crippen LogP contribution in [-0.4, -0.2) is 29.2 Å². The average molecular weight is 442 g/mol. The van der Waals surface area contributed by atoms with Gasteiger partial charge in [0.1, 0.15) is 5.02 Å². The van der Waals surface area contributed by atoms with Gasteiger partial charge in [-0.2, -0.15) is 18.3 Å². The Balaban J connectivity index is 1.90. The molecule has 2 aromatic rings. The molecule has 1 aromatic carbocycles. The summed E-state index contributed by atoms with van der Waals surface area (Å²) in [5.41, 5.74) is 5.27. The molecule has 2 heterocycles. The average Bonchev–Trinajstić information content (AvgIpc) is 2.69. The van der Waals surface area contributed by atoms with E-state index in [0.29, 0.717) is 24.4 Å². The number of carbonyl (C=O) groups excluding carboxylic acids is 1. The van der Waals surface area contributed by atoms with Crippen LogP contribution < -0.4 is 21.5 Å². The van der Waals surface area contributed by atoms with Crippen molar-refractivity contribution < 1.29 is 18.0 Å². The maximum atomic E-state index is 13.3. The zero-order valence-electron chi connectivity index (χ0n) is 15.9. The number of nitrogens with two attached hydrogens (primary N) is 1. The van der Waals surface area contributed by atoms with Gasteiger partial charge in [0.15, 0.2) is 0 Å². The fraction of sp³-hybridized carbons (Fsp3) is 0.316. The zero-order valence-corrected chi connectivity index (χ0v) is 16.6. The molecule has 1 aromatic heterocycles. The fourth-order valence-electron chi connectivity index (χ4n) is 3.42. The molecule has 7 nitrogen and oxygen atoms in total. The lowest BCUT2D eigenvalue weighted by Crippen LogP contribution is -2.40. The number of H-pyrrole nitrogens is 1. The van der Waals surface area contributed by atoms with Crippen molar-refractivity contribution in [2.75, 3.05) is 18.0 Å². The third-order valence-corrected chi connectivity index (χ3v) is 5.25. The van der Waals surface area contributed by atoms with Crippen molar-refractivity contribution in [2.24, 2.45) is 5.73 Å². The van der Waals surface area contributed by atoms with E-state index in [4.69, 9.17) is 17.3 Å². The zero-order chi connectivity index (χ0) is 22.1. The lowest BCUT2D eigenvalue weighted by atomic mass is 9.98. The van der Waals surface area contributed by atoms with Gasteiger partial charge in [0.2, 0.25) is 5.91 Å². The van der Waals surface area contributed by atoms with E-state index in [9.17, 15) is 22.8 Å². The minimum atomic E-state index is -4.50. The summed E-state index contributed by atoms with van der Waals surface area (Å²) in [5.74, 6) is -0.715. The third-order valence-electron chi connectivity index (χ3n) is 4.88. The first-order valence-electron chi connectivity index (χ1n) is 9.02. The number of anilines is 1. The molecule has 0 saturated heterocycles. The molecule has 1 aliphatic heterocycles. The highest BCUT2D eigenvalue weighted by Crippen LogP contribution is 2.35. The predicted octanol–water partition coefficient (Wildman–Crippen LogP) is 2.74. The number of hydrogen-bond donors (Lipinski definition) is 3. The van der Waals surface area contributed by atoms with Crippen LogP contribution in [0.3, 0.4) is 0 Å². The van der Waals surface area contributed by atoms with Crippen molar-refractivity contribution in [3.8, 4) is 0 Å². The monoisotopic (exact) mass is 441 g/mol. The van der Waals surface area contributed by atoms with Crippen LogP contribution in [0.15, 0.2) is 46.5 Å². The quantitative estimate of drug-likeness (QED) is 0.662. The van der Waals surface area contributed by atoms with E-state index in [1.807, 2.05) is 0 Å². The third kappa shape index (κ3) is 4.43. The van der Waals surface area contributed by atoms with Gasteiger partial charge in [-0.05, 0) is 18.6 Å². The molecule has 1 atom stereocenters. The maximum absolute atomic E-state index is 13.3. The standard InChI is InChI=1S/C19H19ClF3N5O2/c1-10(11-4-2-3-5-13(11)19(21,22)23)26-14-6-7-28(9-12(14)17(24)29)15-8-25-27-18(30)16(15)20/h2-5,8,10,26H,6-7,9H2,1H3,(H2,24,29)(H,27,30). The topological polar surface area (TPSA) is 104 Å². The number of nitrogens with zero attached hydrogens (tertiary/aromatic N) is 2. The van der Waals surface area contributed by atoms with Crippen molar-refractivity contribution in [3.63, 3.8) is 0 Å². The first-order valence-corrected chi connectivity index (χ1v) is 9.40. The van der Waals surface area contributed by atoms with Gasteiger partial charge in [-0.25, -0.2) is 5.10 Å². The second-order valence-corrected chi connectivity index (χ2v) is 7.22. The molecular formula is C19H19ClF3N5O2. The Morgan fingerprint density at radius 3 is 2.73 bits per heavy atom. The van der Waals surface area contributed by atoms with E-state index < -0.39 is 29.2 Å². The van der Waals surface area contributed by atoms with Crippen molar-refractivity contribution in [1.29, 1.82) is 0 Å². The fourth-order valence-corrected chi connectivity index (χ4v) is 3.63. The number of benzene rings is 1. The summed E-state index contributed by atoms with van der Waals surface area (Å²) in [7, 11) is 0. The van der Waals surface area contributed by atoms with Crippen molar-refractivity contribution in [3.05, 3.63) is 68.2 Å². The van der Waals surface area contributed by atoms with Gasteiger partial charge in [-0.15, -0.1) is 0 Å². The Labute approximate surface area is 174 Å². The minimum absolute atomic E-state index is 0.0379. The minimum Gasteiger partial charge on any atom is -0.381 e. The highest BCUT2D eigenvalue weighted by atomic mass is 35.5. The highest BCUT2D eigenvalue weighted by Gasteiger charge is 2.34. The number of hydrogen-bond acceptors (Lipinski definition) is 5. The Kier molecular flexibility index (Phi) is 6.06. The van der Waals surface area contributed by atoms with Gasteiger partial charge in [-0.3, -0.25) is 9.59 Å². The van der Waals surface area contributed by atoms with Crippen LogP contribution in [0.5, 0.6) is 0 Å². The second-order valence-electron chi connectivity index (χ2n) is 6.84. The summed E-state index contributed by atoms with van der Waals surface area (Å²) < 4.78 is 40.0. The number of alkyl halides is 3. The molecule has 1 aliphatic rings. The summed E-state index contributed by atoms with van der Waals surface area (Å²) in [6.45, 7) is 1.98. The molecule has 0 spiro atoms.